The SMILES string of the molecule is CC(C)N1CC2CCCC(C1)C2NCCc1ccccn1. The highest BCUT2D eigenvalue weighted by Crippen LogP contribution is 2.35. The predicted molar refractivity (Wildman–Crippen MR) is 87.3 cm³/mol. The molecule has 0 radical (unpaired) electrons. The average Bonchev–Trinajstić information content (AvgIpc) is 2.47. The molecular weight excluding hydrogens is 258 g/mol. The molecule has 3 rings (SSSR count). The number of aromatic nitrogens is 1. The van der Waals surface area contributed by atoms with Crippen LogP contribution in [-0.4, -0.2) is 41.6 Å². The molecule has 2 heterocycles. The molecule has 1 aromatic heterocycles. The van der Waals surface area contributed by atoms with Gasteiger partial charge < -0.3 is 10.2 Å². The molecule has 0 amide bonds. The van der Waals surface area contributed by atoms with Gasteiger partial charge in [-0.1, -0.05) is 12.5 Å². The van der Waals surface area contributed by atoms with Gasteiger partial charge in [0.1, 0.15) is 0 Å². The van der Waals surface area contributed by atoms with E-state index in [0.29, 0.717) is 6.04 Å². The van der Waals surface area contributed by atoms with Crippen molar-refractivity contribution in [1.29, 1.82) is 0 Å². The first-order chi connectivity index (χ1) is 10.2. The van der Waals surface area contributed by atoms with E-state index in [-0.39, 0.29) is 0 Å². The summed E-state index contributed by atoms with van der Waals surface area (Å²) in [6, 6.07) is 7.63. The average molecular weight is 287 g/mol. The van der Waals surface area contributed by atoms with Crippen LogP contribution in [0, 0.1) is 11.8 Å². The Morgan fingerprint density at radius 2 is 2.00 bits per heavy atom. The van der Waals surface area contributed by atoms with E-state index >= 15 is 0 Å². The summed E-state index contributed by atoms with van der Waals surface area (Å²) >= 11 is 0. The van der Waals surface area contributed by atoms with Gasteiger partial charge in [-0.05, 0) is 50.7 Å². The molecule has 2 aliphatic rings. The third kappa shape index (κ3) is 3.64. The Hall–Kier alpha value is -0.930. The van der Waals surface area contributed by atoms with E-state index in [9.17, 15) is 0 Å². The second-order valence-corrected chi connectivity index (χ2v) is 7.05. The van der Waals surface area contributed by atoms with Crippen LogP contribution >= 0.6 is 0 Å². The normalized spacial score (nSPS) is 29.8. The van der Waals surface area contributed by atoms with Crippen molar-refractivity contribution in [3.8, 4) is 0 Å². The standard InChI is InChI=1S/C18H29N3/c1-14(2)21-12-15-6-5-7-16(13-21)18(15)20-11-9-17-8-3-4-10-19-17/h3-4,8,10,14-16,18,20H,5-7,9,11-13H2,1-2H3. The summed E-state index contributed by atoms with van der Waals surface area (Å²) in [6.07, 6.45) is 7.18. The fourth-order valence-corrected chi connectivity index (χ4v) is 4.14. The Kier molecular flexibility index (Phi) is 4.91. The van der Waals surface area contributed by atoms with Crippen LogP contribution < -0.4 is 5.32 Å². The first kappa shape index (κ1) is 15.0. The number of rotatable bonds is 5. The lowest BCUT2D eigenvalue weighted by atomic mass is 9.73. The van der Waals surface area contributed by atoms with Gasteiger partial charge in [0, 0.05) is 50.0 Å². The summed E-state index contributed by atoms with van der Waals surface area (Å²) in [5.74, 6) is 1.70. The Bertz CT molecular complexity index is 417. The zero-order valence-electron chi connectivity index (χ0n) is 13.5. The fraction of sp³-hybridized carbons (Fsp3) is 0.722. The van der Waals surface area contributed by atoms with Gasteiger partial charge in [-0.3, -0.25) is 4.98 Å². The second kappa shape index (κ2) is 6.89. The molecule has 1 saturated heterocycles. The number of nitrogens with one attached hydrogen (secondary N) is 1. The van der Waals surface area contributed by atoms with Gasteiger partial charge in [-0.2, -0.15) is 0 Å². The van der Waals surface area contributed by atoms with Crippen LogP contribution in [-0.2, 0) is 6.42 Å². The monoisotopic (exact) mass is 287 g/mol. The van der Waals surface area contributed by atoms with Gasteiger partial charge in [0.25, 0.3) is 0 Å². The Balaban J connectivity index is 1.53. The van der Waals surface area contributed by atoms with E-state index in [4.69, 9.17) is 0 Å². The van der Waals surface area contributed by atoms with Gasteiger partial charge in [0.05, 0.1) is 0 Å². The van der Waals surface area contributed by atoms with E-state index in [1.807, 2.05) is 12.3 Å². The van der Waals surface area contributed by atoms with Crippen molar-refractivity contribution in [1.82, 2.24) is 15.2 Å². The number of likely N-dealkylation sites (tertiary alicyclic amines) is 1. The number of piperidine rings is 1. The molecule has 0 aromatic carbocycles. The molecule has 1 aliphatic carbocycles. The minimum absolute atomic E-state index is 0.697. The maximum Gasteiger partial charge on any atom is 0.0416 e. The highest BCUT2D eigenvalue weighted by molar-refractivity contribution is 5.04. The van der Waals surface area contributed by atoms with Crippen LogP contribution in [0.1, 0.15) is 38.8 Å². The van der Waals surface area contributed by atoms with E-state index in [2.05, 4.69) is 41.2 Å². The van der Waals surface area contributed by atoms with Crippen LogP contribution in [0.4, 0.5) is 0 Å². The van der Waals surface area contributed by atoms with Crippen molar-refractivity contribution in [2.75, 3.05) is 19.6 Å². The predicted octanol–water partition coefficient (Wildman–Crippen LogP) is 2.72. The molecule has 2 bridgehead atoms. The summed E-state index contributed by atoms with van der Waals surface area (Å²) < 4.78 is 0. The smallest absolute Gasteiger partial charge is 0.0416 e. The maximum absolute atomic E-state index is 4.42. The molecule has 116 valence electrons. The summed E-state index contributed by atoms with van der Waals surface area (Å²) in [4.78, 5) is 7.11. The van der Waals surface area contributed by atoms with E-state index in [0.717, 1.165) is 30.8 Å². The largest absolute Gasteiger partial charge is 0.313 e. The Labute approximate surface area is 129 Å². The lowest BCUT2D eigenvalue weighted by Crippen LogP contribution is -2.58. The maximum atomic E-state index is 4.42. The van der Waals surface area contributed by atoms with Crippen LogP contribution in [0.5, 0.6) is 0 Å². The van der Waals surface area contributed by atoms with Crippen LogP contribution in [0.15, 0.2) is 24.4 Å². The lowest BCUT2D eigenvalue weighted by molar-refractivity contribution is 0.0299. The van der Waals surface area contributed by atoms with Gasteiger partial charge in [-0.15, -0.1) is 0 Å². The molecule has 2 unspecified atom stereocenters. The Morgan fingerprint density at radius 3 is 2.62 bits per heavy atom. The number of nitrogens with zero attached hydrogens (tertiary/aromatic N) is 2. The van der Waals surface area contributed by atoms with Crippen LogP contribution in [0.3, 0.4) is 0 Å². The molecule has 21 heavy (non-hydrogen) atoms. The molecule has 1 N–H and O–H groups in total. The first-order valence-corrected chi connectivity index (χ1v) is 8.61. The zero-order valence-corrected chi connectivity index (χ0v) is 13.5. The highest BCUT2D eigenvalue weighted by Gasteiger charge is 2.39. The molecule has 3 heteroatoms. The molecule has 1 aromatic rings. The zero-order chi connectivity index (χ0) is 14.7. The van der Waals surface area contributed by atoms with E-state index in [1.165, 1.54) is 38.0 Å². The summed E-state index contributed by atoms with van der Waals surface area (Å²) in [7, 11) is 0. The van der Waals surface area contributed by atoms with Crippen molar-refractivity contribution in [2.24, 2.45) is 11.8 Å². The van der Waals surface area contributed by atoms with E-state index < -0.39 is 0 Å². The van der Waals surface area contributed by atoms with Crippen molar-refractivity contribution >= 4 is 0 Å². The molecule has 2 fully saturated rings. The minimum Gasteiger partial charge on any atom is -0.313 e. The summed E-state index contributed by atoms with van der Waals surface area (Å²) in [5, 5.41) is 3.86. The third-order valence-electron chi connectivity index (χ3n) is 5.32. The van der Waals surface area contributed by atoms with Gasteiger partial charge >= 0.3 is 0 Å². The Morgan fingerprint density at radius 1 is 1.24 bits per heavy atom. The summed E-state index contributed by atoms with van der Waals surface area (Å²) in [5.41, 5.74) is 1.20. The highest BCUT2D eigenvalue weighted by atomic mass is 15.2. The van der Waals surface area contributed by atoms with Crippen molar-refractivity contribution < 1.29 is 0 Å². The lowest BCUT2D eigenvalue weighted by Gasteiger charge is -2.49. The molecule has 0 spiro atoms. The van der Waals surface area contributed by atoms with Gasteiger partial charge in [0.2, 0.25) is 0 Å². The number of pyridine rings is 1. The van der Waals surface area contributed by atoms with Gasteiger partial charge in [-0.25, -0.2) is 0 Å². The molecular formula is C18H29N3. The minimum atomic E-state index is 0.697. The van der Waals surface area contributed by atoms with Crippen LogP contribution in [0.2, 0.25) is 0 Å². The third-order valence-corrected chi connectivity index (χ3v) is 5.32. The quantitative estimate of drug-likeness (QED) is 0.902. The molecule has 1 aliphatic heterocycles. The van der Waals surface area contributed by atoms with Crippen LogP contribution in [0.25, 0.3) is 0 Å². The van der Waals surface area contributed by atoms with E-state index in [1.54, 1.807) is 0 Å². The molecule has 1 saturated carbocycles. The van der Waals surface area contributed by atoms with Crippen molar-refractivity contribution in [2.45, 2.75) is 51.6 Å². The topological polar surface area (TPSA) is 28.2 Å². The fourth-order valence-electron chi connectivity index (χ4n) is 4.14. The molecule has 3 nitrogen and oxygen atoms in total. The van der Waals surface area contributed by atoms with Gasteiger partial charge in [0.15, 0.2) is 0 Å². The number of hydrogen-bond donors (Lipinski definition) is 1. The number of hydrogen-bond acceptors (Lipinski definition) is 3. The first-order valence-electron chi connectivity index (χ1n) is 8.61. The van der Waals surface area contributed by atoms with Crippen molar-refractivity contribution in [3.05, 3.63) is 30.1 Å². The molecule has 2 atom stereocenters. The van der Waals surface area contributed by atoms with Crippen molar-refractivity contribution in [3.63, 3.8) is 0 Å². The number of fused-ring (bicyclic) bond motifs is 2. The second-order valence-electron chi connectivity index (χ2n) is 7.05. The summed E-state index contributed by atoms with van der Waals surface area (Å²) in [6.45, 7) is 8.32.